The summed E-state index contributed by atoms with van der Waals surface area (Å²) in [6.45, 7) is 3.95. The fraction of sp³-hybridized carbons (Fsp3) is 0.217. The Balaban J connectivity index is 1.82. The van der Waals surface area contributed by atoms with Crippen molar-refractivity contribution in [1.29, 1.82) is 0 Å². The minimum absolute atomic E-state index is 0.665. The second kappa shape index (κ2) is 7.94. The highest BCUT2D eigenvalue weighted by atomic mass is 16.5. The van der Waals surface area contributed by atoms with Crippen LogP contribution in [0.3, 0.4) is 0 Å². The lowest BCUT2D eigenvalue weighted by Gasteiger charge is -2.11. The fourth-order valence-electron chi connectivity index (χ4n) is 3.49. The number of nitrogens with zero attached hydrogens (tertiary/aromatic N) is 3. The third kappa shape index (κ3) is 3.50. The summed E-state index contributed by atoms with van der Waals surface area (Å²) in [5.41, 5.74) is 5.39. The molecule has 4 aromatic rings. The number of aromatic nitrogens is 3. The molecule has 0 aliphatic rings. The van der Waals surface area contributed by atoms with Crippen LogP contribution in [0.2, 0.25) is 0 Å². The molecule has 30 heavy (non-hydrogen) atoms. The number of hydrogen-bond acceptors (Lipinski definition) is 6. The predicted octanol–water partition coefficient (Wildman–Crippen LogP) is 4.78. The molecule has 0 bridgehead atoms. The molecule has 7 nitrogen and oxygen atoms in total. The summed E-state index contributed by atoms with van der Waals surface area (Å²) in [6.07, 6.45) is 0. The number of anilines is 2. The topological polar surface area (TPSA) is 69.9 Å². The van der Waals surface area contributed by atoms with E-state index in [9.17, 15) is 0 Å². The van der Waals surface area contributed by atoms with E-state index in [1.54, 1.807) is 21.3 Å². The standard InChI is InChI=1S/C23H24N4O3/c1-14-12-21(25-17-7-9-18(28-3)10-8-17)27-23(24-14)22(15(2)26-27)16-6-11-19(29-4)20(13-16)30-5/h6-13,25H,1-5H3. The molecule has 1 N–H and O–H groups in total. The van der Waals surface area contributed by atoms with Gasteiger partial charge in [-0.25, -0.2) is 4.98 Å². The van der Waals surface area contributed by atoms with E-state index in [-0.39, 0.29) is 0 Å². The quantitative estimate of drug-likeness (QED) is 0.499. The van der Waals surface area contributed by atoms with E-state index in [1.165, 1.54) is 0 Å². The molecule has 0 saturated heterocycles. The minimum atomic E-state index is 0.665. The summed E-state index contributed by atoms with van der Waals surface area (Å²) >= 11 is 0. The summed E-state index contributed by atoms with van der Waals surface area (Å²) in [5, 5.41) is 8.19. The smallest absolute Gasteiger partial charge is 0.165 e. The maximum atomic E-state index is 5.48. The lowest BCUT2D eigenvalue weighted by molar-refractivity contribution is 0.355. The Labute approximate surface area is 175 Å². The molecule has 2 aromatic heterocycles. The van der Waals surface area contributed by atoms with Gasteiger partial charge in [0, 0.05) is 23.0 Å². The van der Waals surface area contributed by atoms with Crippen molar-refractivity contribution in [2.24, 2.45) is 0 Å². The van der Waals surface area contributed by atoms with Gasteiger partial charge in [-0.05, 0) is 55.8 Å². The first-order valence-electron chi connectivity index (χ1n) is 9.54. The van der Waals surface area contributed by atoms with Crippen LogP contribution in [0.25, 0.3) is 16.8 Å². The third-order valence-corrected chi connectivity index (χ3v) is 4.93. The molecule has 0 spiro atoms. The van der Waals surface area contributed by atoms with Gasteiger partial charge in [-0.1, -0.05) is 6.07 Å². The highest BCUT2D eigenvalue weighted by Crippen LogP contribution is 2.36. The van der Waals surface area contributed by atoms with E-state index < -0.39 is 0 Å². The summed E-state index contributed by atoms with van der Waals surface area (Å²) in [4.78, 5) is 4.77. The van der Waals surface area contributed by atoms with Gasteiger partial charge in [0.2, 0.25) is 0 Å². The minimum Gasteiger partial charge on any atom is -0.497 e. The molecule has 2 aromatic carbocycles. The van der Waals surface area contributed by atoms with Gasteiger partial charge < -0.3 is 19.5 Å². The summed E-state index contributed by atoms with van der Waals surface area (Å²) in [5.74, 6) is 2.99. The first kappa shape index (κ1) is 19.6. The van der Waals surface area contributed by atoms with E-state index in [4.69, 9.17) is 24.3 Å². The molecule has 0 saturated carbocycles. The molecule has 0 unspecified atom stereocenters. The van der Waals surface area contributed by atoms with E-state index in [2.05, 4.69) is 5.32 Å². The normalized spacial score (nSPS) is 10.8. The van der Waals surface area contributed by atoms with Crippen LogP contribution in [0.4, 0.5) is 11.5 Å². The molecule has 0 amide bonds. The lowest BCUT2D eigenvalue weighted by atomic mass is 10.1. The Hall–Kier alpha value is -3.74. The highest BCUT2D eigenvalue weighted by molar-refractivity contribution is 5.82. The van der Waals surface area contributed by atoms with Crippen molar-refractivity contribution < 1.29 is 14.2 Å². The van der Waals surface area contributed by atoms with Gasteiger partial charge in [0.15, 0.2) is 17.1 Å². The van der Waals surface area contributed by atoms with E-state index in [0.717, 1.165) is 45.4 Å². The van der Waals surface area contributed by atoms with Gasteiger partial charge in [-0.15, -0.1) is 0 Å². The first-order valence-corrected chi connectivity index (χ1v) is 9.54. The van der Waals surface area contributed by atoms with Crippen molar-refractivity contribution in [3.05, 3.63) is 59.9 Å². The molecule has 0 aliphatic heterocycles. The van der Waals surface area contributed by atoms with Crippen molar-refractivity contribution in [2.75, 3.05) is 26.6 Å². The SMILES string of the molecule is COc1ccc(Nc2cc(C)nc3c(-c4ccc(OC)c(OC)c4)c(C)nn23)cc1. The number of ether oxygens (including phenoxy) is 3. The predicted molar refractivity (Wildman–Crippen MR) is 117 cm³/mol. The Bertz CT molecular complexity index is 1200. The average Bonchev–Trinajstić information content (AvgIpc) is 3.09. The maximum Gasteiger partial charge on any atom is 0.165 e. The van der Waals surface area contributed by atoms with Gasteiger partial charge >= 0.3 is 0 Å². The molecule has 0 aliphatic carbocycles. The van der Waals surface area contributed by atoms with Crippen molar-refractivity contribution in [3.8, 4) is 28.4 Å². The van der Waals surface area contributed by atoms with Crippen LogP contribution in [0.1, 0.15) is 11.4 Å². The number of methoxy groups -OCH3 is 3. The van der Waals surface area contributed by atoms with E-state index in [0.29, 0.717) is 11.5 Å². The zero-order chi connectivity index (χ0) is 21.3. The monoisotopic (exact) mass is 404 g/mol. The summed E-state index contributed by atoms with van der Waals surface area (Å²) < 4.78 is 17.9. The molecular formula is C23H24N4O3. The Morgan fingerprint density at radius 2 is 1.57 bits per heavy atom. The van der Waals surface area contributed by atoms with Crippen molar-refractivity contribution in [1.82, 2.24) is 14.6 Å². The molecule has 4 rings (SSSR count). The Kier molecular flexibility index (Phi) is 5.18. The maximum absolute atomic E-state index is 5.48. The first-order chi connectivity index (χ1) is 14.5. The van der Waals surface area contributed by atoms with Gasteiger partial charge in [-0.3, -0.25) is 0 Å². The largest absolute Gasteiger partial charge is 0.497 e. The Morgan fingerprint density at radius 1 is 0.833 bits per heavy atom. The van der Waals surface area contributed by atoms with Crippen LogP contribution >= 0.6 is 0 Å². The number of benzene rings is 2. The summed E-state index contributed by atoms with van der Waals surface area (Å²) in [7, 11) is 4.91. The lowest BCUT2D eigenvalue weighted by Crippen LogP contribution is -2.02. The van der Waals surface area contributed by atoms with Gasteiger partial charge in [0.25, 0.3) is 0 Å². The van der Waals surface area contributed by atoms with Crippen LogP contribution < -0.4 is 19.5 Å². The highest BCUT2D eigenvalue weighted by Gasteiger charge is 2.18. The number of hydrogen-bond donors (Lipinski definition) is 1. The zero-order valence-corrected chi connectivity index (χ0v) is 17.7. The van der Waals surface area contributed by atoms with Crippen LogP contribution in [-0.2, 0) is 0 Å². The number of rotatable bonds is 6. The van der Waals surface area contributed by atoms with Crippen LogP contribution in [-0.4, -0.2) is 35.9 Å². The molecule has 7 heteroatoms. The van der Waals surface area contributed by atoms with Gasteiger partial charge in [0.05, 0.1) is 27.0 Å². The van der Waals surface area contributed by atoms with Crippen LogP contribution in [0.15, 0.2) is 48.5 Å². The van der Waals surface area contributed by atoms with Crippen molar-refractivity contribution in [3.63, 3.8) is 0 Å². The van der Waals surface area contributed by atoms with Crippen molar-refractivity contribution in [2.45, 2.75) is 13.8 Å². The average molecular weight is 404 g/mol. The molecular weight excluding hydrogens is 380 g/mol. The van der Waals surface area contributed by atoms with Crippen LogP contribution in [0.5, 0.6) is 17.2 Å². The number of fused-ring (bicyclic) bond motifs is 1. The molecule has 2 heterocycles. The fourth-order valence-corrected chi connectivity index (χ4v) is 3.49. The number of nitrogens with one attached hydrogen (secondary N) is 1. The van der Waals surface area contributed by atoms with Crippen molar-refractivity contribution >= 4 is 17.2 Å². The Morgan fingerprint density at radius 3 is 2.23 bits per heavy atom. The number of aryl methyl sites for hydroxylation is 2. The second-order valence-corrected chi connectivity index (χ2v) is 6.90. The summed E-state index contributed by atoms with van der Waals surface area (Å²) in [6, 6.07) is 15.6. The third-order valence-electron chi connectivity index (χ3n) is 4.93. The molecule has 154 valence electrons. The second-order valence-electron chi connectivity index (χ2n) is 6.90. The zero-order valence-electron chi connectivity index (χ0n) is 17.7. The van der Waals surface area contributed by atoms with Gasteiger partial charge in [-0.2, -0.15) is 9.61 Å². The van der Waals surface area contributed by atoms with E-state index in [1.807, 2.05) is 66.9 Å². The molecule has 0 fully saturated rings. The molecule has 0 radical (unpaired) electrons. The molecule has 0 atom stereocenters. The van der Waals surface area contributed by atoms with Crippen LogP contribution in [0, 0.1) is 13.8 Å². The van der Waals surface area contributed by atoms with E-state index >= 15 is 0 Å². The van der Waals surface area contributed by atoms with Gasteiger partial charge in [0.1, 0.15) is 11.6 Å².